The molecule has 0 saturated carbocycles. The zero-order valence-electron chi connectivity index (χ0n) is 18.9. The number of benzene rings is 3. The summed E-state index contributed by atoms with van der Waals surface area (Å²) in [5, 5.41) is 5.91. The Morgan fingerprint density at radius 2 is 1.54 bits per heavy atom. The molecule has 5 rings (SSSR count). The molecule has 1 aromatic heterocycles. The fourth-order valence-corrected chi connectivity index (χ4v) is 4.92. The van der Waals surface area contributed by atoms with Crippen molar-refractivity contribution in [2.75, 3.05) is 6.54 Å². The average molecular weight is 482 g/mol. The Morgan fingerprint density at radius 3 is 2.29 bits per heavy atom. The van der Waals surface area contributed by atoms with Crippen LogP contribution in [-0.4, -0.2) is 34.2 Å². The van der Waals surface area contributed by atoms with Gasteiger partial charge in [0.15, 0.2) is 0 Å². The van der Waals surface area contributed by atoms with E-state index in [1.807, 2.05) is 60.0 Å². The third-order valence-corrected chi connectivity index (χ3v) is 6.79. The highest BCUT2D eigenvalue weighted by atomic mass is 32.1. The summed E-state index contributed by atoms with van der Waals surface area (Å²) >= 11 is 1.59. The van der Waals surface area contributed by atoms with E-state index in [-0.39, 0.29) is 30.7 Å². The lowest BCUT2D eigenvalue weighted by Crippen LogP contribution is -2.32. The number of aromatic nitrogens is 1. The molecule has 7 heteroatoms. The highest BCUT2D eigenvalue weighted by Gasteiger charge is 2.34. The van der Waals surface area contributed by atoms with E-state index in [9.17, 15) is 14.4 Å². The second kappa shape index (κ2) is 10.0. The lowest BCUT2D eigenvalue weighted by atomic mass is 10.1. The van der Waals surface area contributed by atoms with E-state index < -0.39 is 0 Å². The van der Waals surface area contributed by atoms with Gasteiger partial charge >= 0.3 is 0 Å². The van der Waals surface area contributed by atoms with Gasteiger partial charge in [0.25, 0.3) is 11.8 Å². The highest BCUT2D eigenvalue weighted by molar-refractivity contribution is 7.13. The summed E-state index contributed by atoms with van der Waals surface area (Å²) in [6.45, 7) is 0.625. The minimum Gasteiger partial charge on any atom is -0.352 e. The van der Waals surface area contributed by atoms with E-state index in [0.29, 0.717) is 24.1 Å². The van der Waals surface area contributed by atoms with Crippen LogP contribution in [0.3, 0.4) is 0 Å². The number of fused-ring (bicyclic) bond motifs is 1. The first-order valence-corrected chi connectivity index (χ1v) is 12.3. The van der Waals surface area contributed by atoms with E-state index in [1.165, 1.54) is 4.90 Å². The van der Waals surface area contributed by atoms with Gasteiger partial charge in [-0.3, -0.25) is 19.3 Å². The monoisotopic (exact) mass is 481 g/mol. The minimum absolute atomic E-state index is 0.118. The fraction of sp³-hybridized carbons (Fsp3) is 0.143. The predicted octanol–water partition coefficient (Wildman–Crippen LogP) is 5.17. The van der Waals surface area contributed by atoms with Crippen LogP contribution in [-0.2, 0) is 11.3 Å². The first-order chi connectivity index (χ1) is 17.1. The number of rotatable bonds is 8. The van der Waals surface area contributed by atoms with Crippen LogP contribution in [0.4, 0.5) is 0 Å². The normalized spacial score (nSPS) is 12.6. The number of nitrogens with zero attached hydrogens (tertiary/aromatic N) is 2. The fourth-order valence-electron chi connectivity index (χ4n) is 4.09. The van der Waals surface area contributed by atoms with Crippen molar-refractivity contribution < 1.29 is 14.4 Å². The van der Waals surface area contributed by atoms with Crippen molar-refractivity contribution in [1.29, 1.82) is 0 Å². The number of hydrogen-bond donors (Lipinski definition) is 1. The van der Waals surface area contributed by atoms with Crippen molar-refractivity contribution in [2.45, 2.75) is 19.4 Å². The highest BCUT2D eigenvalue weighted by Crippen LogP contribution is 2.29. The third kappa shape index (κ3) is 4.90. The predicted molar refractivity (Wildman–Crippen MR) is 136 cm³/mol. The quantitative estimate of drug-likeness (QED) is 0.352. The number of thiazole rings is 1. The maximum absolute atomic E-state index is 12.4. The smallest absolute Gasteiger partial charge is 0.261 e. The Kier molecular flexibility index (Phi) is 6.50. The first kappa shape index (κ1) is 22.7. The molecule has 0 unspecified atom stereocenters. The SMILES string of the molecule is O=C(CCCN1C(=O)c2ccccc2C1=O)NCc1cccc(-c2nc(-c3ccccc3)cs2)c1. The second-order valence-corrected chi connectivity index (χ2v) is 9.15. The molecule has 0 bridgehead atoms. The Balaban J connectivity index is 1.13. The summed E-state index contributed by atoms with van der Waals surface area (Å²) in [5.41, 5.74) is 4.88. The molecule has 0 aliphatic carbocycles. The van der Waals surface area contributed by atoms with Crippen LogP contribution >= 0.6 is 11.3 Å². The molecular formula is C28H23N3O3S. The topological polar surface area (TPSA) is 79.4 Å². The molecule has 3 aromatic carbocycles. The summed E-state index contributed by atoms with van der Waals surface area (Å²) in [6.07, 6.45) is 0.652. The van der Waals surface area contributed by atoms with Gasteiger partial charge in [0.1, 0.15) is 5.01 Å². The van der Waals surface area contributed by atoms with E-state index in [1.54, 1.807) is 35.6 Å². The number of nitrogens with one attached hydrogen (secondary N) is 1. The van der Waals surface area contributed by atoms with Gasteiger partial charge in [0.2, 0.25) is 5.91 Å². The van der Waals surface area contributed by atoms with Crippen LogP contribution in [0.1, 0.15) is 39.1 Å². The first-order valence-electron chi connectivity index (χ1n) is 11.4. The van der Waals surface area contributed by atoms with Crippen molar-refractivity contribution >= 4 is 29.1 Å². The Hall–Kier alpha value is -4.10. The molecule has 174 valence electrons. The molecule has 0 fully saturated rings. The van der Waals surface area contributed by atoms with Crippen molar-refractivity contribution in [3.8, 4) is 21.8 Å². The lowest BCUT2D eigenvalue weighted by Gasteiger charge is -2.13. The Labute approximate surface area is 207 Å². The number of carbonyl (C=O) groups excluding carboxylic acids is 3. The van der Waals surface area contributed by atoms with E-state index in [4.69, 9.17) is 4.98 Å². The van der Waals surface area contributed by atoms with Crippen LogP contribution in [0.5, 0.6) is 0 Å². The molecule has 1 N–H and O–H groups in total. The molecule has 0 atom stereocenters. The maximum Gasteiger partial charge on any atom is 0.261 e. The molecular weight excluding hydrogens is 458 g/mol. The molecule has 3 amide bonds. The largest absolute Gasteiger partial charge is 0.352 e. The van der Waals surface area contributed by atoms with E-state index in [0.717, 1.165) is 27.4 Å². The molecule has 4 aromatic rings. The zero-order valence-corrected chi connectivity index (χ0v) is 19.8. The van der Waals surface area contributed by atoms with Gasteiger partial charge in [-0.25, -0.2) is 4.98 Å². The summed E-state index contributed by atoms with van der Waals surface area (Å²) in [4.78, 5) is 43.2. The second-order valence-electron chi connectivity index (χ2n) is 8.29. The van der Waals surface area contributed by atoms with Gasteiger partial charge in [-0.05, 0) is 30.2 Å². The number of carbonyl (C=O) groups is 3. The number of imide groups is 1. The molecule has 0 radical (unpaired) electrons. The molecule has 2 heterocycles. The van der Waals surface area contributed by atoms with Crippen molar-refractivity contribution in [3.63, 3.8) is 0 Å². The minimum atomic E-state index is -0.291. The van der Waals surface area contributed by atoms with Gasteiger partial charge in [-0.1, -0.05) is 60.7 Å². The molecule has 1 aliphatic rings. The van der Waals surface area contributed by atoms with Crippen molar-refractivity contribution in [1.82, 2.24) is 15.2 Å². The zero-order chi connectivity index (χ0) is 24.2. The molecule has 6 nitrogen and oxygen atoms in total. The van der Waals surface area contributed by atoms with Crippen LogP contribution in [0.2, 0.25) is 0 Å². The van der Waals surface area contributed by atoms with Crippen LogP contribution in [0, 0.1) is 0 Å². The summed E-state index contributed by atoms with van der Waals surface area (Å²) in [6, 6.07) is 24.8. The Bertz CT molecular complexity index is 1360. The summed E-state index contributed by atoms with van der Waals surface area (Å²) < 4.78 is 0. The van der Waals surface area contributed by atoms with Gasteiger partial charge in [0, 0.05) is 36.0 Å². The molecule has 1 aliphatic heterocycles. The summed E-state index contributed by atoms with van der Waals surface area (Å²) in [7, 11) is 0. The van der Waals surface area contributed by atoms with E-state index in [2.05, 4.69) is 5.32 Å². The standard InChI is InChI=1S/C28H23N3O3S/c32-25(14-7-15-31-27(33)22-12-4-5-13-23(22)28(31)34)29-17-19-8-6-11-21(16-19)26-30-24(18-35-26)20-9-2-1-3-10-20/h1-6,8-13,16,18H,7,14-15,17H2,(H,29,32). The van der Waals surface area contributed by atoms with Crippen molar-refractivity contribution in [3.05, 3.63) is 101 Å². The van der Waals surface area contributed by atoms with Crippen molar-refractivity contribution in [2.24, 2.45) is 0 Å². The van der Waals surface area contributed by atoms with Crippen LogP contribution in [0.25, 0.3) is 21.8 Å². The number of amides is 3. The molecule has 35 heavy (non-hydrogen) atoms. The molecule has 0 spiro atoms. The van der Waals surface area contributed by atoms with Gasteiger partial charge in [-0.15, -0.1) is 11.3 Å². The van der Waals surface area contributed by atoms with Gasteiger partial charge < -0.3 is 5.32 Å². The molecule has 0 saturated heterocycles. The Morgan fingerprint density at radius 1 is 0.857 bits per heavy atom. The number of hydrogen-bond acceptors (Lipinski definition) is 5. The van der Waals surface area contributed by atoms with E-state index >= 15 is 0 Å². The van der Waals surface area contributed by atoms with Crippen LogP contribution < -0.4 is 5.32 Å². The maximum atomic E-state index is 12.4. The lowest BCUT2D eigenvalue weighted by molar-refractivity contribution is -0.121. The third-order valence-electron chi connectivity index (χ3n) is 5.90. The average Bonchev–Trinajstić information content (AvgIpc) is 3.48. The van der Waals surface area contributed by atoms with Gasteiger partial charge in [-0.2, -0.15) is 0 Å². The summed E-state index contributed by atoms with van der Waals surface area (Å²) in [5.74, 6) is -0.700. The van der Waals surface area contributed by atoms with Gasteiger partial charge in [0.05, 0.1) is 16.8 Å². The van der Waals surface area contributed by atoms with Crippen LogP contribution in [0.15, 0.2) is 84.2 Å².